The van der Waals surface area contributed by atoms with Crippen molar-refractivity contribution in [1.82, 2.24) is 0 Å². The van der Waals surface area contributed by atoms with Gasteiger partial charge >= 0.3 is 0 Å². The molecule has 3 aromatic carbocycles. The van der Waals surface area contributed by atoms with Crippen molar-refractivity contribution in [3.05, 3.63) is 107 Å². The third kappa shape index (κ3) is 6.77. The van der Waals surface area contributed by atoms with Crippen LogP contribution < -0.4 is 0 Å². The minimum absolute atomic E-state index is 0.0489. The predicted molar refractivity (Wildman–Crippen MR) is 129 cm³/mol. The highest BCUT2D eigenvalue weighted by Gasteiger charge is 2.06. The predicted octanol–water partition coefficient (Wildman–Crippen LogP) is 6.49. The highest BCUT2D eigenvalue weighted by Crippen LogP contribution is 2.25. The Morgan fingerprint density at radius 3 is 2.23 bits per heavy atom. The van der Waals surface area contributed by atoms with Crippen LogP contribution in [0.25, 0.3) is 11.1 Å². The van der Waals surface area contributed by atoms with Gasteiger partial charge in [0.25, 0.3) is 0 Å². The zero-order valence-corrected chi connectivity index (χ0v) is 18.6. The number of rotatable bonds is 10. The molecule has 0 fully saturated rings. The van der Waals surface area contributed by atoms with Crippen molar-refractivity contribution in [3.63, 3.8) is 0 Å². The van der Waals surface area contributed by atoms with Crippen molar-refractivity contribution in [2.45, 2.75) is 52.6 Å². The molecule has 3 rings (SSSR count). The number of carbonyl (C=O) groups excluding carboxylic acids is 1. The molecule has 0 aliphatic carbocycles. The van der Waals surface area contributed by atoms with Gasteiger partial charge in [0.2, 0.25) is 0 Å². The number of allylic oxidation sites excluding steroid dienone is 2. The zero-order chi connectivity index (χ0) is 22.1. The molecule has 0 radical (unpaired) electrons. The van der Waals surface area contributed by atoms with Gasteiger partial charge < -0.3 is 5.11 Å². The van der Waals surface area contributed by atoms with Gasteiger partial charge in [-0.3, -0.25) is 4.79 Å². The van der Waals surface area contributed by atoms with E-state index in [0.717, 1.165) is 41.5 Å². The average Bonchev–Trinajstić information content (AvgIpc) is 2.82. The van der Waals surface area contributed by atoms with Crippen LogP contribution in [0.3, 0.4) is 0 Å². The Bertz CT molecular complexity index is 1030. The molecule has 0 aliphatic heterocycles. The number of aryl methyl sites for hydroxylation is 3. The van der Waals surface area contributed by atoms with Crippen LogP contribution in [0.5, 0.6) is 0 Å². The molecule has 0 amide bonds. The Morgan fingerprint density at radius 2 is 1.52 bits per heavy atom. The SMILES string of the molecule is C/C=C(/C)CC(=O)CCc1ccc(CCc2cccc(-c3ccccc3CO)c2)cc1. The molecule has 160 valence electrons. The van der Waals surface area contributed by atoms with Crippen LogP contribution in [0.2, 0.25) is 0 Å². The molecule has 31 heavy (non-hydrogen) atoms. The molecule has 0 saturated carbocycles. The quantitative estimate of drug-likeness (QED) is 0.387. The van der Waals surface area contributed by atoms with Crippen molar-refractivity contribution in [2.75, 3.05) is 0 Å². The van der Waals surface area contributed by atoms with E-state index < -0.39 is 0 Å². The standard InChI is InChI=1S/C29H32O2/c1-3-22(2)19-28(31)18-17-24-13-11-23(12-14-24)15-16-25-7-6-9-26(20-25)29-10-5-4-8-27(29)21-30/h3-14,20,30H,15-19,21H2,1-2H3/b22-3-. The van der Waals surface area contributed by atoms with E-state index in [1.165, 1.54) is 16.7 Å². The summed E-state index contributed by atoms with van der Waals surface area (Å²) in [4.78, 5) is 12.0. The molecular formula is C29H32O2. The van der Waals surface area contributed by atoms with Gasteiger partial charge in [-0.25, -0.2) is 0 Å². The summed E-state index contributed by atoms with van der Waals surface area (Å²) in [5, 5.41) is 9.62. The van der Waals surface area contributed by atoms with Gasteiger partial charge in [-0.05, 0) is 66.5 Å². The fourth-order valence-corrected chi connectivity index (χ4v) is 3.78. The van der Waals surface area contributed by atoms with Crippen LogP contribution in [0.1, 0.15) is 48.9 Å². The lowest BCUT2D eigenvalue weighted by atomic mass is 9.96. The van der Waals surface area contributed by atoms with Crippen LogP contribution in [-0.2, 0) is 30.7 Å². The highest BCUT2D eigenvalue weighted by atomic mass is 16.3. The van der Waals surface area contributed by atoms with Crippen LogP contribution in [-0.4, -0.2) is 10.9 Å². The van der Waals surface area contributed by atoms with E-state index in [4.69, 9.17) is 0 Å². The Hall–Kier alpha value is -2.97. The van der Waals surface area contributed by atoms with E-state index in [1.807, 2.05) is 38.1 Å². The molecule has 1 N–H and O–H groups in total. The number of ketones is 1. The summed E-state index contributed by atoms with van der Waals surface area (Å²) in [6.07, 6.45) is 5.93. The largest absolute Gasteiger partial charge is 0.392 e. The van der Waals surface area contributed by atoms with Gasteiger partial charge in [0.1, 0.15) is 5.78 Å². The number of hydrogen-bond acceptors (Lipinski definition) is 2. The smallest absolute Gasteiger partial charge is 0.137 e. The summed E-state index contributed by atoms with van der Waals surface area (Å²) in [5.74, 6) is 0.308. The molecular weight excluding hydrogens is 380 g/mol. The monoisotopic (exact) mass is 412 g/mol. The summed E-state index contributed by atoms with van der Waals surface area (Å²) in [5.41, 5.74) is 8.16. The van der Waals surface area contributed by atoms with Crippen LogP contribution in [0, 0.1) is 0 Å². The minimum Gasteiger partial charge on any atom is -0.392 e. The molecule has 3 aromatic rings. The van der Waals surface area contributed by atoms with Gasteiger partial charge in [0, 0.05) is 12.8 Å². The number of aliphatic hydroxyl groups is 1. The molecule has 0 unspecified atom stereocenters. The number of Topliss-reactive ketones (excluding diaryl/α,β-unsaturated/α-hetero) is 1. The van der Waals surface area contributed by atoms with E-state index in [1.54, 1.807) is 0 Å². The summed E-state index contributed by atoms with van der Waals surface area (Å²) < 4.78 is 0. The van der Waals surface area contributed by atoms with E-state index in [9.17, 15) is 9.90 Å². The number of aliphatic hydroxyl groups excluding tert-OH is 1. The lowest BCUT2D eigenvalue weighted by Crippen LogP contribution is -2.01. The molecule has 2 nitrogen and oxygen atoms in total. The number of carbonyl (C=O) groups is 1. The summed E-state index contributed by atoms with van der Waals surface area (Å²) in [7, 11) is 0. The Balaban J connectivity index is 1.56. The molecule has 0 atom stereocenters. The Morgan fingerprint density at radius 1 is 0.839 bits per heavy atom. The first-order chi connectivity index (χ1) is 15.1. The normalized spacial score (nSPS) is 11.5. The second-order valence-electron chi connectivity index (χ2n) is 8.18. The lowest BCUT2D eigenvalue weighted by molar-refractivity contribution is -0.118. The zero-order valence-electron chi connectivity index (χ0n) is 18.6. The first-order valence-electron chi connectivity index (χ1n) is 11.1. The van der Waals surface area contributed by atoms with E-state index in [2.05, 4.69) is 54.6 Å². The van der Waals surface area contributed by atoms with E-state index >= 15 is 0 Å². The van der Waals surface area contributed by atoms with Gasteiger partial charge in [-0.1, -0.05) is 84.4 Å². The molecule has 0 heterocycles. The van der Waals surface area contributed by atoms with Crippen LogP contribution in [0.15, 0.2) is 84.4 Å². The fourth-order valence-electron chi connectivity index (χ4n) is 3.78. The lowest BCUT2D eigenvalue weighted by Gasteiger charge is -2.10. The Kier molecular flexibility index (Phi) is 8.37. The topological polar surface area (TPSA) is 37.3 Å². The van der Waals surface area contributed by atoms with Crippen molar-refractivity contribution in [1.29, 1.82) is 0 Å². The van der Waals surface area contributed by atoms with Crippen LogP contribution >= 0.6 is 0 Å². The van der Waals surface area contributed by atoms with Gasteiger partial charge in [0.05, 0.1) is 6.61 Å². The highest BCUT2D eigenvalue weighted by molar-refractivity contribution is 5.80. The minimum atomic E-state index is 0.0489. The summed E-state index contributed by atoms with van der Waals surface area (Å²) in [6, 6.07) is 25.3. The van der Waals surface area contributed by atoms with Gasteiger partial charge in [-0.15, -0.1) is 0 Å². The average molecular weight is 413 g/mol. The summed E-state index contributed by atoms with van der Waals surface area (Å²) in [6.45, 7) is 4.03. The maximum absolute atomic E-state index is 12.0. The molecule has 0 spiro atoms. The Labute approximate surface area is 186 Å². The first-order valence-corrected chi connectivity index (χ1v) is 11.1. The van der Waals surface area contributed by atoms with E-state index in [0.29, 0.717) is 18.6 Å². The maximum Gasteiger partial charge on any atom is 0.137 e. The van der Waals surface area contributed by atoms with Crippen LogP contribution in [0.4, 0.5) is 0 Å². The first kappa shape index (κ1) is 22.7. The van der Waals surface area contributed by atoms with Gasteiger partial charge in [-0.2, -0.15) is 0 Å². The number of hydrogen-bond donors (Lipinski definition) is 1. The van der Waals surface area contributed by atoms with Crippen molar-refractivity contribution < 1.29 is 9.90 Å². The maximum atomic E-state index is 12.0. The fraction of sp³-hybridized carbons (Fsp3) is 0.276. The molecule has 0 bridgehead atoms. The second-order valence-corrected chi connectivity index (χ2v) is 8.18. The number of benzene rings is 3. The molecule has 0 aromatic heterocycles. The van der Waals surface area contributed by atoms with Gasteiger partial charge in [0.15, 0.2) is 0 Å². The van der Waals surface area contributed by atoms with Crippen molar-refractivity contribution >= 4 is 5.78 Å². The van der Waals surface area contributed by atoms with Crippen molar-refractivity contribution in [2.24, 2.45) is 0 Å². The van der Waals surface area contributed by atoms with Crippen molar-refractivity contribution in [3.8, 4) is 11.1 Å². The third-order valence-corrected chi connectivity index (χ3v) is 5.81. The molecule has 0 saturated heterocycles. The molecule has 2 heteroatoms. The second kappa shape index (κ2) is 11.4. The van der Waals surface area contributed by atoms with E-state index in [-0.39, 0.29) is 6.61 Å². The third-order valence-electron chi connectivity index (χ3n) is 5.81. The summed E-state index contributed by atoms with van der Waals surface area (Å²) >= 11 is 0. The molecule has 0 aliphatic rings.